The van der Waals surface area contributed by atoms with Crippen molar-refractivity contribution in [3.05, 3.63) is 40.3 Å². The van der Waals surface area contributed by atoms with Gasteiger partial charge < -0.3 is 21.4 Å². The third kappa shape index (κ3) is 6.39. The van der Waals surface area contributed by atoms with E-state index >= 15 is 0 Å². The second-order valence-electron chi connectivity index (χ2n) is 8.15. The highest BCUT2D eigenvalue weighted by molar-refractivity contribution is 9.12. The molecule has 1 aromatic heterocycles. The minimum Gasteiger partial charge on any atom is -0.380 e. The standard InChI is InChI=1S/C22H30BrN5O2/c23-21(22(30)27-14-20(29)26-13-15-7-9-25-10-8-15)19(12-24)28-18-6-5-16-3-1-2-4-17(16)11-18/h7-10,12,16-18,24,28H,1-6,11,13-14H2,(H,26,29)(H,27,30)/b21-19-,24-12?. The molecule has 2 aliphatic carbocycles. The van der Waals surface area contributed by atoms with Crippen molar-refractivity contribution < 1.29 is 9.59 Å². The Labute approximate surface area is 186 Å². The van der Waals surface area contributed by atoms with Gasteiger partial charge in [0.25, 0.3) is 5.91 Å². The lowest BCUT2D eigenvalue weighted by Gasteiger charge is -2.40. The summed E-state index contributed by atoms with van der Waals surface area (Å²) in [4.78, 5) is 28.4. The van der Waals surface area contributed by atoms with Gasteiger partial charge in [0.1, 0.15) is 4.48 Å². The molecule has 2 aliphatic rings. The monoisotopic (exact) mass is 475 g/mol. The van der Waals surface area contributed by atoms with Gasteiger partial charge in [0.15, 0.2) is 0 Å². The van der Waals surface area contributed by atoms with Crippen molar-refractivity contribution in [2.45, 2.75) is 57.5 Å². The van der Waals surface area contributed by atoms with Crippen molar-refractivity contribution in [1.29, 1.82) is 5.41 Å². The fraction of sp³-hybridized carbons (Fsp3) is 0.545. The lowest BCUT2D eigenvalue weighted by atomic mass is 9.69. The van der Waals surface area contributed by atoms with Crippen LogP contribution < -0.4 is 16.0 Å². The van der Waals surface area contributed by atoms with Gasteiger partial charge in [0.2, 0.25) is 5.91 Å². The van der Waals surface area contributed by atoms with Crippen molar-refractivity contribution in [2.75, 3.05) is 6.54 Å². The minimum absolute atomic E-state index is 0.128. The average molecular weight is 476 g/mol. The van der Waals surface area contributed by atoms with Gasteiger partial charge in [-0.2, -0.15) is 0 Å². The number of nitrogens with one attached hydrogen (secondary N) is 4. The molecule has 3 unspecified atom stereocenters. The van der Waals surface area contributed by atoms with Crippen LogP contribution in [0.15, 0.2) is 34.7 Å². The molecule has 3 atom stereocenters. The Morgan fingerprint density at radius 3 is 2.57 bits per heavy atom. The smallest absolute Gasteiger partial charge is 0.260 e. The number of amides is 2. The number of rotatable bonds is 8. The molecular weight excluding hydrogens is 446 g/mol. The number of allylic oxidation sites excluding steroid dienone is 1. The molecule has 0 spiro atoms. The van der Waals surface area contributed by atoms with Crippen LogP contribution in [-0.2, 0) is 16.1 Å². The molecule has 4 N–H and O–H groups in total. The summed E-state index contributed by atoms with van der Waals surface area (Å²) in [6.07, 6.45) is 13.2. The summed E-state index contributed by atoms with van der Waals surface area (Å²) in [5, 5.41) is 16.5. The number of hydrogen-bond acceptors (Lipinski definition) is 5. The predicted octanol–water partition coefficient (Wildman–Crippen LogP) is 3.02. The van der Waals surface area contributed by atoms with Crippen molar-refractivity contribution in [3.63, 3.8) is 0 Å². The van der Waals surface area contributed by atoms with Crippen LogP contribution in [0.4, 0.5) is 0 Å². The first-order valence-corrected chi connectivity index (χ1v) is 11.5. The molecule has 0 aromatic carbocycles. The Kier molecular flexibility index (Phi) is 8.42. The van der Waals surface area contributed by atoms with E-state index in [0.29, 0.717) is 12.2 Å². The second kappa shape index (κ2) is 11.2. The Hall–Kier alpha value is -2.22. The van der Waals surface area contributed by atoms with Gasteiger partial charge in [-0.15, -0.1) is 0 Å². The fourth-order valence-electron chi connectivity index (χ4n) is 4.52. The van der Waals surface area contributed by atoms with E-state index in [2.05, 4.69) is 36.9 Å². The zero-order valence-corrected chi connectivity index (χ0v) is 18.7. The highest BCUT2D eigenvalue weighted by Crippen LogP contribution is 2.40. The van der Waals surface area contributed by atoms with Gasteiger partial charge in [-0.25, -0.2) is 0 Å². The summed E-state index contributed by atoms with van der Waals surface area (Å²) in [5.41, 5.74) is 1.40. The van der Waals surface area contributed by atoms with Crippen LogP contribution in [0.5, 0.6) is 0 Å². The first-order chi connectivity index (χ1) is 14.6. The van der Waals surface area contributed by atoms with Crippen molar-refractivity contribution in [3.8, 4) is 0 Å². The molecule has 2 fully saturated rings. The molecule has 0 saturated heterocycles. The molecule has 162 valence electrons. The highest BCUT2D eigenvalue weighted by atomic mass is 79.9. The third-order valence-corrected chi connectivity index (χ3v) is 6.92. The van der Waals surface area contributed by atoms with E-state index in [1.165, 1.54) is 38.3 Å². The quantitative estimate of drug-likeness (QED) is 0.342. The number of carbonyl (C=O) groups is 2. The van der Waals surface area contributed by atoms with Crippen LogP contribution in [0, 0.1) is 17.2 Å². The second-order valence-corrected chi connectivity index (χ2v) is 8.94. The van der Waals surface area contributed by atoms with Gasteiger partial charge in [0, 0.05) is 31.2 Å². The number of aromatic nitrogens is 1. The molecule has 7 nitrogen and oxygen atoms in total. The average Bonchev–Trinajstić information content (AvgIpc) is 2.79. The van der Waals surface area contributed by atoms with E-state index in [1.807, 2.05) is 12.1 Å². The van der Waals surface area contributed by atoms with Crippen molar-refractivity contribution in [1.82, 2.24) is 20.9 Å². The maximum atomic E-state index is 12.4. The topological polar surface area (TPSA) is 107 Å². The largest absolute Gasteiger partial charge is 0.380 e. The molecule has 1 aromatic rings. The maximum absolute atomic E-state index is 12.4. The molecule has 2 saturated carbocycles. The molecule has 2 amide bonds. The van der Waals surface area contributed by atoms with Crippen LogP contribution in [0.2, 0.25) is 0 Å². The zero-order valence-electron chi connectivity index (χ0n) is 17.1. The van der Waals surface area contributed by atoms with E-state index in [-0.39, 0.29) is 23.0 Å². The number of fused-ring (bicyclic) bond motifs is 1. The SMILES string of the molecule is N=C/C(NC1CCC2CCCCC2C1)=C(/Br)C(=O)NCC(=O)NCc1ccncc1. The Morgan fingerprint density at radius 1 is 1.10 bits per heavy atom. The molecule has 3 rings (SSSR count). The Balaban J connectivity index is 1.47. The van der Waals surface area contributed by atoms with E-state index in [4.69, 9.17) is 5.41 Å². The number of carbonyl (C=O) groups excluding carboxylic acids is 2. The molecule has 0 bridgehead atoms. The maximum Gasteiger partial charge on any atom is 0.260 e. The van der Waals surface area contributed by atoms with Gasteiger partial charge >= 0.3 is 0 Å². The van der Waals surface area contributed by atoms with E-state index in [0.717, 1.165) is 30.2 Å². The number of nitrogens with zero attached hydrogens (tertiary/aromatic N) is 1. The summed E-state index contributed by atoms with van der Waals surface area (Å²) in [5.74, 6) is 0.919. The normalized spacial score (nSPS) is 24.1. The van der Waals surface area contributed by atoms with Crippen LogP contribution >= 0.6 is 15.9 Å². The summed E-state index contributed by atoms with van der Waals surface area (Å²) >= 11 is 3.31. The number of hydrogen-bond donors (Lipinski definition) is 4. The summed E-state index contributed by atoms with van der Waals surface area (Å²) in [6, 6.07) is 3.92. The summed E-state index contributed by atoms with van der Waals surface area (Å²) < 4.78 is 0.255. The molecule has 0 aliphatic heterocycles. The predicted molar refractivity (Wildman–Crippen MR) is 120 cm³/mol. The van der Waals surface area contributed by atoms with Gasteiger partial charge in [-0.3, -0.25) is 14.6 Å². The van der Waals surface area contributed by atoms with Crippen LogP contribution in [0.25, 0.3) is 0 Å². The van der Waals surface area contributed by atoms with Crippen LogP contribution in [0.1, 0.15) is 50.5 Å². The third-order valence-electron chi connectivity index (χ3n) is 6.13. The molecule has 30 heavy (non-hydrogen) atoms. The van der Waals surface area contributed by atoms with E-state index in [9.17, 15) is 9.59 Å². The summed E-state index contributed by atoms with van der Waals surface area (Å²) in [6.45, 7) is 0.253. The number of pyridine rings is 1. The summed E-state index contributed by atoms with van der Waals surface area (Å²) in [7, 11) is 0. The molecular formula is C22H30BrN5O2. The first kappa shape index (κ1) is 22.5. The fourth-order valence-corrected chi connectivity index (χ4v) is 4.89. The molecule has 8 heteroatoms. The first-order valence-electron chi connectivity index (χ1n) is 10.7. The van der Waals surface area contributed by atoms with E-state index in [1.54, 1.807) is 12.4 Å². The minimum atomic E-state index is -0.411. The van der Waals surface area contributed by atoms with Gasteiger partial charge in [-0.1, -0.05) is 25.7 Å². The zero-order chi connectivity index (χ0) is 21.3. The van der Waals surface area contributed by atoms with Crippen LogP contribution in [-0.4, -0.2) is 35.6 Å². The lowest BCUT2D eigenvalue weighted by molar-refractivity contribution is -0.124. The Bertz CT molecular complexity index is 783. The van der Waals surface area contributed by atoms with Crippen LogP contribution in [0.3, 0.4) is 0 Å². The van der Waals surface area contributed by atoms with E-state index < -0.39 is 5.91 Å². The highest BCUT2D eigenvalue weighted by Gasteiger charge is 2.32. The van der Waals surface area contributed by atoms with Crippen molar-refractivity contribution >= 4 is 34.0 Å². The van der Waals surface area contributed by atoms with Gasteiger partial charge in [0.05, 0.1) is 12.2 Å². The van der Waals surface area contributed by atoms with Crippen molar-refractivity contribution in [2.24, 2.45) is 11.8 Å². The van der Waals surface area contributed by atoms with Gasteiger partial charge in [-0.05, 0) is 64.7 Å². The molecule has 0 radical (unpaired) electrons. The lowest BCUT2D eigenvalue weighted by Crippen LogP contribution is -2.40. The molecule has 1 heterocycles. The Morgan fingerprint density at radius 2 is 1.83 bits per heavy atom. The number of halogens is 1.